The zero-order chi connectivity index (χ0) is 11.0. The molecule has 4 heteroatoms. The number of aliphatic imine (C=N–C) groups is 1. The van der Waals surface area contributed by atoms with Crippen LogP contribution in [0.15, 0.2) is 4.99 Å². The zero-order valence-electron chi connectivity index (χ0n) is 10.2. The van der Waals surface area contributed by atoms with Crippen molar-refractivity contribution in [1.29, 1.82) is 0 Å². The molecule has 0 atom stereocenters. The molecule has 0 heterocycles. The van der Waals surface area contributed by atoms with Crippen molar-refractivity contribution >= 4 is 14.4 Å². The Morgan fingerprint density at radius 1 is 1.36 bits per heavy atom. The first-order valence-corrected chi connectivity index (χ1v) is 8.94. The molecule has 0 N–H and O–H groups in total. The molecule has 3 nitrogen and oxygen atoms in total. The molecule has 0 rings (SSSR count). The topological polar surface area (TPSA) is 24.8 Å². The van der Waals surface area contributed by atoms with Crippen LogP contribution in [0.3, 0.4) is 0 Å². The Morgan fingerprint density at radius 3 is 2.43 bits per heavy atom. The van der Waals surface area contributed by atoms with Gasteiger partial charge in [-0.15, -0.1) is 0 Å². The van der Waals surface area contributed by atoms with Gasteiger partial charge < -0.3 is 9.64 Å². The molecule has 0 saturated carbocycles. The van der Waals surface area contributed by atoms with Crippen molar-refractivity contribution in [1.82, 2.24) is 4.90 Å². The minimum atomic E-state index is -0.935. The third-order valence-corrected chi connectivity index (χ3v) is 3.64. The Balaban J connectivity index is 3.52. The fraction of sp³-hybridized carbons (Fsp3) is 0.900. The van der Waals surface area contributed by atoms with Crippen molar-refractivity contribution < 1.29 is 4.74 Å². The number of nitrogens with zero attached hydrogens (tertiary/aromatic N) is 2. The molecule has 0 saturated heterocycles. The summed E-state index contributed by atoms with van der Waals surface area (Å²) < 4.78 is 5.58. The lowest BCUT2D eigenvalue weighted by atomic mass is 10.6. The van der Waals surface area contributed by atoms with Gasteiger partial charge in [-0.25, -0.2) is 0 Å². The maximum Gasteiger partial charge on any atom is 0.119 e. The Hall–Kier alpha value is -0.353. The van der Waals surface area contributed by atoms with Gasteiger partial charge in [0.25, 0.3) is 0 Å². The van der Waals surface area contributed by atoms with E-state index >= 15 is 0 Å². The van der Waals surface area contributed by atoms with E-state index in [-0.39, 0.29) is 0 Å². The first kappa shape index (κ1) is 13.6. The third kappa shape index (κ3) is 8.25. The highest BCUT2D eigenvalue weighted by atomic mass is 28.3. The summed E-state index contributed by atoms with van der Waals surface area (Å²) in [6, 6.07) is 1.23. The van der Waals surface area contributed by atoms with Gasteiger partial charge in [-0.1, -0.05) is 19.6 Å². The predicted molar refractivity (Wildman–Crippen MR) is 65.8 cm³/mol. The Bertz CT molecular complexity index is 166. The molecule has 0 spiro atoms. The molecule has 0 aromatic rings. The fourth-order valence-electron chi connectivity index (χ4n) is 0.930. The van der Waals surface area contributed by atoms with E-state index in [9.17, 15) is 0 Å². The molecule has 0 aromatic heterocycles. The Kier molecular flexibility index (Phi) is 6.83. The van der Waals surface area contributed by atoms with E-state index in [1.165, 1.54) is 6.04 Å². The zero-order valence-corrected chi connectivity index (χ0v) is 11.2. The molecule has 14 heavy (non-hydrogen) atoms. The van der Waals surface area contributed by atoms with E-state index in [1.54, 1.807) is 7.05 Å². The largest absolute Gasteiger partial charge is 0.361 e. The molecule has 0 aliphatic carbocycles. The van der Waals surface area contributed by atoms with Crippen LogP contribution in [0.25, 0.3) is 0 Å². The van der Waals surface area contributed by atoms with E-state index < -0.39 is 8.07 Å². The summed E-state index contributed by atoms with van der Waals surface area (Å²) in [7, 11) is 0.847. The first-order chi connectivity index (χ1) is 6.49. The van der Waals surface area contributed by atoms with E-state index in [2.05, 4.69) is 36.5 Å². The van der Waals surface area contributed by atoms with Gasteiger partial charge >= 0.3 is 0 Å². The Morgan fingerprint density at radius 2 is 2.00 bits per heavy atom. The molecule has 0 aromatic carbocycles. The van der Waals surface area contributed by atoms with E-state index in [1.807, 2.05) is 6.34 Å². The minimum absolute atomic E-state index is 0.665. The molecule has 0 bridgehead atoms. The smallest absolute Gasteiger partial charge is 0.119 e. The van der Waals surface area contributed by atoms with Crippen LogP contribution in [-0.2, 0) is 4.74 Å². The molecule has 84 valence electrons. The number of rotatable bonds is 7. The van der Waals surface area contributed by atoms with Crippen LogP contribution in [0.2, 0.25) is 25.7 Å². The summed E-state index contributed by atoms with van der Waals surface area (Å²) in [5.41, 5.74) is 0. The number of ether oxygens (including phenoxy) is 1. The standard InChI is InChI=1S/C10H24N2OSi/c1-6-12(9-11-2)10-13-7-8-14(3,4)5/h9H,6-8,10H2,1-5H3/b11-9-. The van der Waals surface area contributed by atoms with Crippen molar-refractivity contribution in [3.8, 4) is 0 Å². The lowest BCUT2D eigenvalue weighted by Gasteiger charge is -2.19. The van der Waals surface area contributed by atoms with Gasteiger partial charge in [0.05, 0.1) is 6.34 Å². The van der Waals surface area contributed by atoms with Gasteiger partial charge in [0, 0.05) is 28.3 Å². The molecule has 0 amide bonds. The van der Waals surface area contributed by atoms with Crippen LogP contribution in [0, 0.1) is 0 Å². The quantitative estimate of drug-likeness (QED) is 0.214. The van der Waals surface area contributed by atoms with Crippen LogP contribution in [0.4, 0.5) is 0 Å². The van der Waals surface area contributed by atoms with Crippen molar-refractivity contribution in [2.45, 2.75) is 32.6 Å². The SMILES string of the molecule is CCN(/C=N\C)COCC[Si](C)(C)C. The van der Waals surface area contributed by atoms with Crippen molar-refractivity contribution in [2.24, 2.45) is 4.99 Å². The lowest BCUT2D eigenvalue weighted by molar-refractivity contribution is 0.0783. The molecule has 0 fully saturated rings. The van der Waals surface area contributed by atoms with Crippen LogP contribution in [0.5, 0.6) is 0 Å². The Labute approximate surface area is 89.2 Å². The summed E-state index contributed by atoms with van der Waals surface area (Å²) in [6.07, 6.45) is 1.83. The fourth-order valence-corrected chi connectivity index (χ4v) is 1.69. The highest BCUT2D eigenvalue weighted by molar-refractivity contribution is 6.76. The van der Waals surface area contributed by atoms with E-state index in [0.29, 0.717) is 6.73 Å². The number of hydrogen-bond donors (Lipinski definition) is 0. The summed E-state index contributed by atoms with van der Waals surface area (Å²) in [5, 5.41) is 0. The second-order valence-electron chi connectivity index (χ2n) is 4.63. The van der Waals surface area contributed by atoms with Crippen LogP contribution in [-0.4, -0.2) is 46.2 Å². The maximum atomic E-state index is 5.58. The predicted octanol–water partition coefficient (Wildman–Crippen LogP) is 2.28. The summed E-state index contributed by atoms with van der Waals surface area (Å²) in [4.78, 5) is 6.02. The average molecular weight is 216 g/mol. The van der Waals surface area contributed by atoms with Gasteiger partial charge in [0.15, 0.2) is 0 Å². The molecule has 0 radical (unpaired) electrons. The van der Waals surface area contributed by atoms with Crippen LogP contribution in [0.1, 0.15) is 6.92 Å². The van der Waals surface area contributed by atoms with Gasteiger partial charge in [-0.3, -0.25) is 4.99 Å². The normalized spacial score (nSPS) is 12.4. The highest BCUT2D eigenvalue weighted by Gasteiger charge is 2.12. The van der Waals surface area contributed by atoms with Gasteiger partial charge in [0.1, 0.15) is 6.73 Å². The summed E-state index contributed by atoms with van der Waals surface area (Å²) >= 11 is 0. The number of hydrogen-bond acceptors (Lipinski definition) is 2. The van der Waals surface area contributed by atoms with Crippen molar-refractivity contribution in [2.75, 3.05) is 26.9 Å². The molecule has 0 unspecified atom stereocenters. The molecule has 0 aliphatic heterocycles. The minimum Gasteiger partial charge on any atom is -0.361 e. The lowest BCUT2D eigenvalue weighted by Crippen LogP contribution is -2.27. The van der Waals surface area contributed by atoms with Gasteiger partial charge in [-0.2, -0.15) is 0 Å². The highest BCUT2D eigenvalue weighted by Crippen LogP contribution is 2.07. The summed E-state index contributed by atoms with van der Waals surface area (Å²) in [6.45, 7) is 11.7. The van der Waals surface area contributed by atoms with Gasteiger partial charge in [-0.05, 0) is 13.0 Å². The molecule has 0 aliphatic rings. The molecular weight excluding hydrogens is 192 g/mol. The first-order valence-electron chi connectivity index (χ1n) is 5.23. The average Bonchev–Trinajstić information content (AvgIpc) is 2.08. The van der Waals surface area contributed by atoms with Crippen LogP contribution >= 0.6 is 0 Å². The van der Waals surface area contributed by atoms with Crippen molar-refractivity contribution in [3.63, 3.8) is 0 Å². The van der Waals surface area contributed by atoms with E-state index in [4.69, 9.17) is 4.74 Å². The van der Waals surface area contributed by atoms with E-state index in [0.717, 1.165) is 13.2 Å². The maximum absolute atomic E-state index is 5.58. The van der Waals surface area contributed by atoms with Crippen molar-refractivity contribution in [3.05, 3.63) is 0 Å². The van der Waals surface area contributed by atoms with Crippen LogP contribution < -0.4 is 0 Å². The third-order valence-electron chi connectivity index (χ3n) is 1.94. The second kappa shape index (κ2) is 7.01. The monoisotopic (exact) mass is 216 g/mol. The second-order valence-corrected chi connectivity index (χ2v) is 10.2. The molecular formula is C10H24N2OSi. The van der Waals surface area contributed by atoms with Gasteiger partial charge in [0.2, 0.25) is 0 Å². The summed E-state index contributed by atoms with van der Waals surface area (Å²) in [5.74, 6) is 0.